The van der Waals surface area contributed by atoms with Crippen LogP contribution in [0.25, 0.3) is 16.7 Å². The molecule has 1 amide bonds. The number of nitriles is 1. The van der Waals surface area contributed by atoms with Gasteiger partial charge in [0, 0.05) is 32.2 Å². The largest absolute Gasteiger partial charge is 0.456 e. The number of carbonyl (C=O) groups is 2. The van der Waals surface area contributed by atoms with Crippen LogP contribution in [0, 0.1) is 11.3 Å². The molecule has 0 unspecified atom stereocenters. The summed E-state index contributed by atoms with van der Waals surface area (Å²) in [5.41, 5.74) is -0.843. The van der Waals surface area contributed by atoms with Crippen molar-refractivity contribution in [2.75, 3.05) is 64.0 Å². The number of esters is 1. The fourth-order valence-electron chi connectivity index (χ4n) is 3.48. The SMILES string of the molecule is CN(CCOC(=O)NCCOCCOCCCCCCCl)c1ccc(-c2ccc(/C=C(\C#N)C(=O)OC(C)(C)C)o2)s1. The summed E-state index contributed by atoms with van der Waals surface area (Å²) in [5.74, 6) is 0.993. The minimum atomic E-state index is -0.704. The molecule has 0 radical (unpaired) electrons. The van der Waals surface area contributed by atoms with Crippen LogP contribution in [-0.4, -0.2) is 76.7 Å². The van der Waals surface area contributed by atoms with Gasteiger partial charge in [-0.2, -0.15) is 5.26 Å². The van der Waals surface area contributed by atoms with Crippen LogP contribution >= 0.6 is 22.9 Å². The Hall–Kier alpha value is -3.04. The highest BCUT2D eigenvalue weighted by molar-refractivity contribution is 7.19. The van der Waals surface area contributed by atoms with Crippen molar-refractivity contribution in [2.45, 2.75) is 52.1 Å². The molecular formula is C30H42ClN3O7S. The molecule has 2 aromatic rings. The van der Waals surface area contributed by atoms with E-state index in [1.54, 1.807) is 32.9 Å². The Bertz CT molecular complexity index is 1170. The van der Waals surface area contributed by atoms with E-state index >= 15 is 0 Å². The topological polar surface area (TPSA) is 123 Å². The number of amides is 1. The van der Waals surface area contributed by atoms with Crippen LogP contribution in [0.15, 0.2) is 34.3 Å². The Morgan fingerprint density at radius 3 is 2.50 bits per heavy atom. The van der Waals surface area contributed by atoms with E-state index < -0.39 is 17.7 Å². The quantitative estimate of drug-likeness (QED) is 0.0635. The van der Waals surface area contributed by atoms with Crippen molar-refractivity contribution >= 4 is 46.1 Å². The zero-order chi connectivity index (χ0) is 30.8. The van der Waals surface area contributed by atoms with Gasteiger partial charge in [-0.15, -0.1) is 22.9 Å². The van der Waals surface area contributed by atoms with E-state index in [1.165, 1.54) is 17.4 Å². The standard InChI is InChI=1S/C30H42ClN3O7S/c1-30(2,3)41-28(35)23(22-32)21-24-9-10-25(40-24)26-11-12-27(42-26)34(4)15-18-39-29(36)33-14-17-38-20-19-37-16-8-6-5-7-13-31/h9-12,21H,5-8,13-20H2,1-4H3,(H,33,36)/b23-21+. The van der Waals surface area contributed by atoms with E-state index in [-0.39, 0.29) is 12.2 Å². The lowest BCUT2D eigenvalue weighted by atomic mass is 10.2. The van der Waals surface area contributed by atoms with Crippen molar-refractivity contribution in [1.82, 2.24) is 5.32 Å². The van der Waals surface area contributed by atoms with Gasteiger partial charge in [-0.05, 0) is 57.9 Å². The van der Waals surface area contributed by atoms with Gasteiger partial charge in [0.15, 0.2) is 0 Å². The summed E-state index contributed by atoms with van der Waals surface area (Å²) in [6.45, 7) is 8.40. The lowest BCUT2D eigenvalue weighted by molar-refractivity contribution is -0.149. The molecule has 0 fully saturated rings. The number of anilines is 1. The van der Waals surface area contributed by atoms with Gasteiger partial charge < -0.3 is 33.6 Å². The fourth-order valence-corrected chi connectivity index (χ4v) is 4.62. The first kappa shape index (κ1) is 35.2. The average Bonchev–Trinajstić information content (AvgIpc) is 3.61. The van der Waals surface area contributed by atoms with E-state index in [9.17, 15) is 14.9 Å². The number of hydrogen-bond acceptors (Lipinski definition) is 10. The molecule has 0 saturated heterocycles. The second-order valence-corrected chi connectivity index (χ2v) is 11.8. The molecule has 2 heterocycles. The molecule has 0 aromatic carbocycles. The average molecular weight is 624 g/mol. The van der Waals surface area contributed by atoms with Crippen molar-refractivity contribution in [3.8, 4) is 16.7 Å². The van der Waals surface area contributed by atoms with Crippen molar-refractivity contribution in [3.05, 3.63) is 35.6 Å². The van der Waals surface area contributed by atoms with Crippen LogP contribution < -0.4 is 10.2 Å². The number of alkyl halides is 1. The van der Waals surface area contributed by atoms with Gasteiger partial charge in [0.1, 0.15) is 35.4 Å². The van der Waals surface area contributed by atoms with Crippen LogP contribution in [0.2, 0.25) is 0 Å². The third kappa shape index (κ3) is 14.2. The summed E-state index contributed by atoms with van der Waals surface area (Å²) in [4.78, 5) is 27.0. The number of nitrogens with zero attached hydrogens (tertiary/aromatic N) is 2. The first-order valence-electron chi connectivity index (χ1n) is 14.0. The maximum atomic E-state index is 12.2. The summed E-state index contributed by atoms with van der Waals surface area (Å²) >= 11 is 7.15. The predicted octanol–water partition coefficient (Wildman–Crippen LogP) is 6.25. The summed E-state index contributed by atoms with van der Waals surface area (Å²) in [7, 11) is 1.91. The van der Waals surface area contributed by atoms with Crippen molar-refractivity contribution < 1.29 is 33.0 Å². The number of nitrogens with one attached hydrogen (secondary N) is 1. The molecule has 0 aliphatic rings. The van der Waals surface area contributed by atoms with Gasteiger partial charge in [-0.25, -0.2) is 9.59 Å². The van der Waals surface area contributed by atoms with E-state index in [1.807, 2.05) is 30.1 Å². The zero-order valence-electron chi connectivity index (χ0n) is 24.9. The van der Waals surface area contributed by atoms with Gasteiger partial charge in [-0.3, -0.25) is 0 Å². The highest BCUT2D eigenvalue weighted by Crippen LogP contribution is 2.34. The van der Waals surface area contributed by atoms with Crippen molar-refractivity contribution in [2.24, 2.45) is 0 Å². The monoisotopic (exact) mass is 623 g/mol. The number of alkyl carbamates (subject to hydrolysis) is 1. The normalized spacial score (nSPS) is 11.7. The van der Waals surface area contributed by atoms with Crippen molar-refractivity contribution in [1.29, 1.82) is 5.26 Å². The molecule has 0 bridgehead atoms. The van der Waals surface area contributed by atoms with Crippen molar-refractivity contribution in [3.63, 3.8) is 0 Å². The van der Waals surface area contributed by atoms with E-state index in [2.05, 4.69) is 5.32 Å². The van der Waals surface area contributed by atoms with Crippen LogP contribution in [0.1, 0.15) is 52.2 Å². The van der Waals surface area contributed by atoms with Gasteiger partial charge in [0.25, 0.3) is 0 Å². The highest BCUT2D eigenvalue weighted by Gasteiger charge is 2.20. The Morgan fingerprint density at radius 2 is 1.79 bits per heavy atom. The molecule has 0 aliphatic carbocycles. The first-order chi connectivity index (χ1) is 20.1. The molecule has 2 aromatic heterocycles. The number of ether oxygens (including phenoxy) is 4. The molecule has 0 spiro atoms. The smallest absolute Gasteiger partial charge is 0.407 e. The third-order valence-corrected chi connectivity index (χ3v) is 7.06. The Balaban J connectivity index is 1.65. The van der Waals surface area contributed by atoms with Gasteiger partial charge >= 0.3 is 12.1 Å². The third-order valence-electron chi connectivity index (χ3n) is 5.58. The molecule has 0 atom stereocenters. The first-order valence-corrected chi connectivity index (χ1v) is 15.4. The molecule has 1 N–H and O–H groups in total. The van der Waals surface area contributed by atoms with Crippen LogP contribution in [0.4, 0.5) is 9.80 Å². The lowest BCUT2D eigenvalue weighted by Crippen LogP contribution is -2.31. The van der Waals surface area contributed by atoms with E-state index in [4.69, 9.17) is 35.0 Å². The number of carbonyl (C=O) groups excluding carboxylic acids is 2. The van der Waals surface area contributed by atoms with Gasteiger partial charge in [0.2, 0.25) is 0 Å². The second kappa shape index (κ2) is 19.2. The van der Waals surface area contributed by atoms with Crippen LogP contribution in [0.5, 0.6) is 0 Å². The number of furan rings is 1. The number of hydrogen-bond donors (Lipinski definition) is 1. The number of thiophene rings is 1. The zero-order valence-corrected chi connectivity index (χ0v) is 26.5. The maximum Gasteiger partial charge on any atom is 0.407 e. The number of halogens is 1. The molecule has 12 heteroatoms. The molecular weight excluding hydrogens is 582 g/mol. The summed E-state index contributed by atoms with van der Waals surface area (Å²) in [6.07, 6.45) is 5.21. The highest BCUT2D eigenvalue weighted by atomic mass is 35.5. The minimum absolute atomic E-state index is 0.140. The van der Waals surface area contributed by atoms with E-state index in [0.717, 1.165) is 42.2 Å². The van der Waals surface area contributed by atoms with Gasteiger partial charge in [0.05, 0.1) is 36.2 Å². The molecule has 0 saturated carbocycles. The molecule has 42 heavy (non-hydrogen) atoms. The van der Waals surface area contributed by atoms with Crippen LogP contribution in [-0.2, 0) is 23.7 Å². The Labute approximate surface area is 257 Å². The summed E-state index contributed by atoms with van der Waals surface area (Å²) in [6, 6.07) is 9.21. The molecule has 2 rings (SSSR count). The molecule has 10 nitrogen and oxygen atoms in total. The van der Waals surface area contributed by atoms with E-state index in [0.29, 0.717) is 50.3 Å². The molecule has 232 valence electrons. The number of rotatable bonds is 19. The Kier molecular flexibility index (Phi) is 16.1. The van der Waals surface area contributed by atoms with Gasteiger partial charge in [-0.1, -0.05) is 12.8 Å². The maximum absolute atomic E-state index is 12.2. The van der Waals surface area contributed by atoms with Crippen LogP contribution in [0.3, 0.4) is 0 Å². The summed E-state index contributed by atoms with van der Waals surface area (Å²) < 4.78 is 27.3. The number of likely N-dealkylation sites (N-methyl/N-ethyl adjacent to an activating group) is 1. The fraction of sp³-hybridized carbons (Fsp3) is 0.567. The summed E-state index contributed by atoms with van der Waals surface area (Å²) in [5, 5.41) is 13.0. The predicted molar refractivity (Wildman–Crippen MR) is 165 cm³/mol. The lowest BCUT2D eigenvalue weighted by Gasteiger charge is -2.18. The second-order valence-electron chi connectivity index (χ2n) is 10.3. The number of unbranched alkanes of at least 4 members (excludes halogenated alkanes) is 3. The molecule has 0 aliphatic heterocycles. The minimum Gasteiger partial charge on any atom is -0.456 e. The Morgan fingerprint density at radius 1 is 1.05 bits per heavy atom.